The number of amides is 1. The van der Waals surface area contributed by atoms with Crippen molar-refractivity contribution in [1.82, 2.24) is 5.32 Å². The molecule has 1 atom stereocenters. The molecule has 0 fully saturated rings. The van der Waals surface area contributed by atoms with E-state index in [0.29, 0.717) is 5.56 Å². The molecule has 0 aromatic heterocycles. The number of nitrogens with zero attached hydrogens (tertiary/aromatic N) is 1. The highest BCUT2D eigenvalue weighted by atomic mass is 16.6. The number of hydrogen-bond donors (Lipinski definition) is 2. The summed E-state index contributed by atoms with van der Waals surface area (Å²) in [6, 6.07) is 2.80. The van der Waals surface area contributed by atoms with Crippen molar-refractivity contribution in [3.05, 3.63) is 33.9 Å². The zero-order valence-electron chi connectivity index (χ0n) is 10.0. The minimum Gasteiger partial charge on any atom is -0.496 e. The monoisotopic (exact) mass is 268 g/mol. The van der Waals surface area contributed by atoms with Gasteiger partial charge in [0.1, 0.15) is 11.8 Å². The number of carbonyl (C=O) groups excluding carboxylic acids is 1. The van der Waals surface area contributed by atoms with E-state index in [4.69, 9.17) is 9.84 Å². The molecule has 0 spiro atoms. The van der Waals surface area contributed by atoms with Gasteiger partial charge in [-0.2, -0.15) is 0 Å². The van der Waals surface area contributed by atoms with Crippen molar-refractivity contribution in [2.24, 2.45) is 0 Å². The van der Waals surface area contributed by atoms with Gasteiger partial charge in [0, 0.05) is 12.5 Å². The minimum absolute atomic E-state index is 0.0773. The van der Waals surface area contributed by atoms with Crippen LogP contribution < -0.4 is 10.1 Å². The van der Waals surface area contributed by atoms with E-state index in [0.717, 1.165) is 0 Å². The number of non-ortho nitro benzene ring substituents is 1. The van der Waals surface area contributed by atoms with Gasteiger partial charge in [-0.05, 0) is 11.6 Å². The lowest BCUT2D eigenvalue weighted by molar-refractivity contribution is -0.385. The summed E-state index contributed by atoms with van der Waals surface area (Å²) in [5, 5.41) is 21.7. The van der Waals surface area contributed by atoms with Crippen molar-refractivity contribution >= 4 is 18.1 Å². The van der Waals surface area contributed by atoms with Crippen LogP contribution in [0.4, 0.5) is 5.69 Å². The number of carbonyl (C=O) groups is 2. The Labute approximate surface area is 108 Å². The normalized spacial score (nSPS) is 11.4. The first-order valence-electron chi connectivity index (χ1n) is 5.22. The largest absolute Gasteiger partial charge is 0.496 e. The molecule has 8 heteroatoms. The van der Waals surface area contributed by atoms with Crippen molar-refractivity contribution in [2.45, 2.75) is 12.5 Å². The predicted octanol–water partition coefficient (Wildman–Crippen LogP) is 0.345. The number of aliphatic carboxylic acids is 1. The average molecular weight is 268 g/mol. The summed E-state index contributed by atoms with van der Waals surface area (Å²) in [7, 11) is 1.35. The molecular formula is C11H12N2O6. The first-order valence-corrected chi connectivity index (χ1v) is 5.22. The molecule has 1 rings (SSSR count). The summed E-state index contributed by atoms with van der Waals surface area (Å²) in [6.45, 7) is 0. The molecule has 1 amide bonds. The number of carboxylic acid groups (broad SMARTS) is 1. The fourth-order valence-corrected chi connectivity index (χ4v) is 1.52. The van der Waals surface area contributed by atoms with E-state index < -0.39 is 16.9 Å². The molecule has 8 nitrogen and oxygen atoms in total. The molecule has 0 aliphatic heterocycles. The number of nitro groups is 1. The number of methoxy groups -OCH3 is 1. The lowest BCUT2D eigenvalue weighted by atomic mass is 10.0. The maximum atomic E-state index is 10.9. The summed E-state index contributed by atoms with van der Waals surface area (Å²) in [5.74, 6) is -0.975. The standard InChI is InChI=1S/C11H12N2O6/c1-19-9-3-7(2-8(5-9)13(17)18)4-10(11(15)16)12-6-14/h2-3,5-6,10H,4H2,1H3,(H,12,14)(H,15,16). The van der Waals surface area contributed by atoms with Gasteiger partial charge in [-0.15, -0.1) is 0 Å². The predicted molar refractivity (Wildman–Crippen MR) is 64.0 cm³/mol. The van der Waals surface area contributed by atoms with Gasteiger partial charge in [-0.3, -0.25) is 14.9 Å². The topological polar surface area (TPSA) is 119 Å². The van der Waals surface area contributed by atoms with E-state index in [1.165, 1.54) is 25.3 Å². The first kappa shape index (κ1) is 14.4. The van der Waals surface area contributed by atoms with Crippen LogP contribution in [0.5, 0.6) is 5.75 Å². The molecule has 0 saturated heterocycles. The van der Waals surface area contributed by atoms with Crippen LogP contribution >= 0.6 is 0 Å². The number of hydrogen-bond acceptors (Lipinski definition) is 5. The smallest absolute Gasteiger partial charge is 0.326 e. The first-order chi connectivity index (χ1) is 8.97. The highest BCUT2D eigenvalue weighted by Gasteiger charge is 2.19. The summed E-state index contributed by atoms with van der Waals surface area (Å²) >= 11 is 0. The summed E-state index contributed by atoms with van der Waals surface area (Å²) < 4.78 is 4.91. The number of rotatable bonds is 7. The molecule has 0 aliphatic carbocycles. The van der Waals surface area contributed by atoms with E-state index in [1.807, 2.05) is 0 Å². The zero-order valence-corrected chi connectivity index (χ0v) is 10.0. The van der Waals surface area contributed by atoms with Gasteiger partial charge in [0.25, 0.3) is 5.69 Å². The van der Waals surface area contributed by atoms with Crippen molar-refractivity contribution in [3.63, 3.8) is 0 Å². The van der Waals surface area contributed by atoms with Crippen molar-refractivity contribution in [1.29, 1.82) is 0 Å². The van der Waals surface area contributed by atoms with Crippen LogP contribution in [0.15, 0.2) is 18.2 Å². The Kier molecular flexibility index (Phi) is 4.81. The molecule has 0 aliphatic rings. The third-order valence-corrected chi connectivity index (χ3v) is 2.40. The molecule has 0 bridgehead atoms. The van der Waals surface area contributed by atoms with Crippen molar-refractivity contribution in [3.8, 4) is 5.75 Å². The Morgan fingerprint density at radius 1 is 1.58 bits per heavy atom. The van der Waals surface area contributed by atoms with Gasteiger partial charge in [0.05, 0.1) is 18.1 Å². The van der Waals surface area contributed by atoms with Crippen molar-refractivity contribution in [2.75, 3.05) is 7.11 Å². The fourth-order valence-electron chi connectivity index (χ4n) is 1.52. The highest BCUT2D eigenvalue weighted by Crippen LogP contribution is 2.23. The lowest BCUT2D eigenvalue weighted by Gasteiger charge is -2.11. The van der Waals surface area contributed by atoms with Gasteiger partial charge in [-0.25, -0.2) is 4.79 Å². The lowest BCUT2D eigenvalue weighted by Crippen LogP contribution is -2.37. The van der Waals surface area contributed by atoms with Crippen LogP contribution in [0.2, 0.25) is 0 Å². The number of carboxylic acids is 1. The second-order valence-corrected chi connectivity index (χ2v) is 3.68. The molecule has 1 aromatic carbocycles. The third kappa shape index (κ3) is 3.95. The second-order valence-electron chi connectivity index (χ2n) is 3.68. The fraction of sp³-hybridized carbons (Fsp3) is 0.273. The quantitative estimate of drug-likeness (QED) is 0.418. The molecule has 0 heterocycles. The second kappa shape index (κ2) is 6.34. The number of nitro benzene ring substituents is 1. The van der Waals surface area contributed by atoms with Crippen LogP contribution in [-0.2, 0) is 16.0 Å². The minimum atomic E-state index is -1.22. The summed E-state index contributed by atoms with van der Waals surface area (Å²) in [4.78, 5) is 31.3. The van der Waals surface area contributed by atoms with Gasteiger partial charge in [0.2, 0.25) is 6.41 Å². The van der Waals surface area contributed by atoms with Gasteiger partial charge >= 0.3 is 5.97 Å². The van der Waals surface area contributed by atoms with E-state index in [1.54, 1.807) is 0 Å². The van der Waals surface area contributed by atoms with E-state index >= 15 is 0 Å². The van der Waals surface area contributed by atoms with E-state index in [9.17, 15) is 19.7 Å². The molecular weight excluding hydrogens is 256 g/mol. The number of nitrogens with one attached hydrogen (secondary N) is 1. The maximum Gasteiger partial charge on any atom is 0.326 e. The Morgan fingerprint density at radius 3 is 2.74 bits per heavy atom. The van der Waals surface area contributed by atoms with E-state index in [2.05, 4.69) is 5.32 Å². The van der Waals surface area contributed by atoms with Crippen LogP contribution in [0.1, 0.15) is 5.56 Å². The summed E-state index contributed by atoms with van der Waals surface area (Å²) in [6.07, 6.45) is 0.194. The maximum absolute atomic E-state index is 10.9. The zero-order chi connectivity index (χ0) is 14.4. The van der Waals surface area contributed by atoms with Gasteiger partial charge in [0.15, 0.2) is 0 Å². The van der Waals surface area contributed by atoms with Crippen LogP contribution in [0.3, 0.4) is 0 Å². The molecule has 2 N–H and O–H groups in total. The molecule has 19 heavy (non-hydrogen) atoms. The number of benzene rings is 1. The Hall–Kier alpha value is -2.64. The molecule has 1 aromatic rings. The third-order valence-electron chi connectivity index (χ3n) is 2.40. The Balaban J connectivity index is 3.04. The van der Waals surface area contributed by atoms with Crippen LogP contribution in [-0.4, -0.2) is 35.6 Å². The van der Waals surface area contributed by atoms with E-state index in [-0.39, 0.29) is 24.3 Å². The summed E-state index contributed by atoms with van der Waals surface area (Å²) in [5.41, 5.74) is 0.178. The SMILES string of the molecule is COc1cc(CC(NC=O)C(=O)O)cc([N+](=O)[O-])c1. The Morgan fingerprint density at radius 2 is 2.26 bits per heavy atom. The molecule has 1 unspecified atom stereocenters. The average Bonchev–Trinajstić information content (AvgIpc) is 2.37. The van der Waals surface area contributed by atoms with Gasteiger partial charge in [-0.1, -0.05) is 0 Å². The highest BCUT2D eigenvalue weighted by molar-refractivity contribution is 5.76. The van der Waals surface area contributed by atoms with Crippen LogP contribution in [0, 0.1) is 10.1 Å². The van der Waals surface area contributed by atoms with Gasteiger partial charge < -0.3 is 15.2 Å². The molecule has 0 saturated carbocycles. The van der Waals surface area contributed by atoms with Crippen LogP contribution in [0.25, 0.3) is 0 Å². The number of ether oxygens (including phenoxy) is 1. The van der Waals surface area contributed by atoms with Crippen molar-refractivity contribution < 1.29 is 24.4 Å². The molecule has 102 valence electrons. The Bertz CT molecular complexity index is 502. The molecule has 0 radical (unpaired) electrons.